The van der Waals surface area contributed by atoms with Gasteiger partial charge >= 0.3 is 0 Å². The number of nitrogens with zero attached hydrogens (tertiary/aromatic N) is 3. The van der Waals surface area contributed by atoms with Gasteiger partial charge in [0.15, 0.2) is 18.1 Å². The first-order valence-electron chi connectivity index (χ1n) is 7.79. The van der Waals surface area contributed by atoms with Gasteiger partial charge in [-0.2, -0.15) is 0 Å². The summed E-state index contributed by atoms with van der Waals surface area (Å²) in [6.07, 6.45) is 2.32. The minimum absolute atomic E-state index is 0.0922. The van der Waals surface area contributed by atoms with Crippen molar-refractivity contribution < 1.29 is 19.4 Å². The monoisotopic (exact) mass is 331 g/mol. The van der Waals surface area contributed by atoms with Gasteiger partial charge in [0.25, 0.3) is 5.91 Å². The van der Waals surface area contributed by atoms with Crippen LogP contribution in [-0.4, -0.2) is 51.8 Å². The summed E-state index contributed by atoms with van der Waals surface area (Å²) >= 11 is 0. The molecule has 1 N–H and O–H groups in total. The molecule has 128 valence electrons. The number of rotatable bonds is 5. The molecule has 1 atom stereocenters. The highest BCUT2D eigenvalue weighted by Crippen LogP contribution is 2.26. The minimum Gasteiger partial charge on any atom is -0.493 e. The number of carbonyl (C=O) groups is 1. The van der Waals surface area contributed by atoms with Crippen molar-refractivity contribution in [3.8, 4) is 11.5 Å². The number of methoxy groups -OCH3 is 1. The van der Waals surface area contributed by atoms with Gasteiger partial charge in [0.1, 0.15) is 0 Å². The van der Waals surface area contributed by atoms with Gasteiger partial charge in [0.2, 0.25) is 0 Å². The third kappa shape index (κ3) is 3.07. The SMILES string of the molecule is COc1ccccc1OCC(=O)N1Cc2ncn(C)c2C[C@@H]1CO. The molecule has 7 nitrogen and oxygen atoms in total. The van der Waals surface area contributed by atoms with Crippen LogP contribution < -0.4 is 9.47 Å². The number of aromatic nitrogens is 2. The normalized spacial score (nSPS) is 16.6. The topological polar surface area (TPSA) is 76.8 Å². The van der Waals surface area contributed by atoms with Crippen LogP contribution in [0.4, 0.5) is 0 Å². The third-order valence-corrected chi connectivity index (χ3v) is 4.29. The number of ether oxygens (including phenoxy) is 2. The van der Waals surface area contributed by atoms with Crippen LogP contribution in [-0.2, 0) is 24.8 Å². The van der Waals surface area contributed by atoms with Crippen molar-refractivity contribution >= 4 is 5.91 Å². The average Bonchev–Trinajstić information content (AvgIpc) is 2.99. The van der Waals surface area contributed by atoms with Crippen molar-refractivity contribution in [1.29, 1.82) is 0 Å². The van der Waals surface area contributed by atoms with Crippen molar-refractivity contribution in [3.05, 3.63) is 42.0 Å². The maximum absolute atomic E-state index is 12.6. The van der Waals surface area contributed by atoms with Crippen molar-refractivity contribution in [1.82, 2.24) is 14.5 Å². The Hall–Kier alpha value is -2.54. The number of para-hydroxylation sites is 2. The molecule has 1 amide bonds. The minimum atomic E-state index is -0.262. The Labute approximate surface area is 140 Å². The second-order valence-corrected chi connectivity index (χ2v) is 5.75. The van der Waals surface area contributed by atoms with Crippen molar-refractivity contribution in [2.45, 2.75) is 19.0 Å². The molecule has 7 heteroatoms. The molecule has 0 saturated heterocycles. The van der Waals surface area contributed by atoms with Gasteiger partial charge in [-0.1, -0.05) is 12.1 Å². The molecule has 1 aromatic heterocycles. The molecule has 0 aliphatic carbocycles. The number of benzene rings is 1. The summed E-state index contributed by atoms with van der Waals surface area (Å²) in [7, 11) is 3.47. The van der Waals surface area contributed by atoms with Gasteiger partial charge < -0.3 is 24.0 Å². The van der Waals surface area contributed by atoms with Gasteiger partial charge in [0.05, 0.1) is 38.3 Å². The molecule has 0 saturated carbocycles. The lowest BCUT2D eigenvalue weighted by Crippen LogP contribution is -2.48. The van der Waals surface area contributed by atoms with Crippen molar-refractivity contribution in [2.75, 3.05) is 20.3 Å². The predicted molar refractivity (Wildman–Crippen MR) is 86.8 cm³/mol. The van der Waals surface area contributed by atoms with E-state index < -0.39 is 0 Å². The van der Waals surface area contributed by atoms with Crippen LogP contribution in [0.1, 0.15) is 11.4 Å². The molecule has 2 heterocycles. The smallest absolute Gasteiger partial charge is 0.261 e. The summed E-state index contributed by atoms with van der Waals surface area (Å²) in [5.41, 5.74) is 1.93. The van der Waals surface area contributed by atoms with Crippen LogP contribution >= 0.6 is 0 Å². The first-order chi connectivity index (χ1) is 11.6. The quantitative estimate of drug-likeness (QED) is 0.875. The van der Waals surface area contributed by atoms with E-state index in [9.17, 15) is 9.90 Å². The number of amides is 1. The number of imidazole rings is 1. The first-order valence-corrected chi connectivity index (χ1v) is 7.79. The van der Waals surface area contributed by atoms with Crippen LogP contribution in [0, 0.1) is 0 Å². The van der Waals surface area contributed by atoms with E-state index in [0.717, 1.165) is 11.4 Å². The lowest BCUT2D eigenvalue weighted by molar-refractivity contribution is -0.138. The molecule has 1 aromatic carbocycles. The molecule has 0 spiro atoms. The van der Waals surface area contributed by atoms with E-state index in [0.29, 0.717) is 24.5 Å². The second-order valence-electron chi connectivity index (χ2n) is 5.75. The molecule has 0 bridgehead atoms. The molecular weight excluding hydrogens is 310 g/mol. The van der Waals surface area contributed by atoms with E-state index in [1.807, 2.05) is 23.7 Å². The highest BCUT2D eigenvalue weighted by molar-refractivity contribution is 5.78. The zero-order chi connectivity index (χ0) is 17.1. The first kappa shape index (κ1) is 16.3. The number of fused-ring (bicyclic) bond motifs is 1. The summed E-state index contributed by atoms with van der Waals surface area (Å²) < 4.78 is 12.8. The molecular formula is C17H21N3O4. The van der Waals surface area contributed by atoms with Crippen LogP contribution in [0.2, 0.25) is 0 Å². The van der Waals surface area contributed by atoms with Crippen LogP contribution in [0.15, 0.2) is 30.6 Å². The van der Waals surface area contributed by atoms with Crippen molar-refractivity contribution in [2.24, 2.45) is 7.05 Å². The Kier molecular flexibility index (Phi) is 4.71. The molecule has 1 aliphatic heterocycles. The number of aliphatic hydroxyl groups excluding tert-OH is 1. The lowest BCUT2D eigenvalue weighted by Gasteiger charge is -2.34. The predicted octanol–water partition coefficient (Wildman–Crippen LogP) is 0.753. The average molecular weight is 331 g/mol. The fourth-order valence-electron chi connectivity index (χ4n) is 2.94. The fourth-order valence-corrected chi connectivity index (χ4v) is 2.94. The fraction of sp³-hybridized carbons (Fsp3) is 0.412. The summed E-state index contributed by atoms with van der Waals surface area (Å²) in [5, 5.41) is 9.65. The molecule has 0 fully saturated rings. The number of aryl methyl sites for hydroxylation is 1. The zero-order valence-electron chi connectivity index (χ0n) is 13.8. The van der Waals surface area contributed by atoms with Gasteiger partial charge in [-0.25, -0.2) is 4.98 Å². The summed E-state index contributed by atoms with van der Waals surface area (Å²) in [5.74, 6) is 0.912. The molecule has 0 radical (unpaired) electrons. The maximum Gasteiger partial charge on any atom is 0.261 e. The largest absolute Gasteiger partial charge is 0.493 e. The Balaban J connectivity index is 1.70. The maximum atomic E-state index is 12.6. The zero-order valence-corrected chi connectivity index (χ0v) is 13.8. The van der Waals surface area contributed by atoms with Gasteiger partial charge in [-0.05, 0) is 12.1 Å². The van der Waals surface area contributed by atoms with Crippen LogP contribution in [0.3, 0.4) is 0 Å². The highest BCUT2D eigenvalue weighted by atomic mass is 16.5. The van der Waals surface area contributed by atoms with E-state index in [4.69, 9.17) is 9.47 Å². The summed E-state index contributed by atoms with van der Waals surface area (Å²) in [4.78, 5) is 18.5. The highest BCUT2D eigenvalue weighted by Gasteiger charge is 2.31. The number of hydrogen-bond donors (Lipinski definition) is 1. The van der Waals surface area contributed by atoms with Gasteiger partial charge in [-0.15, -0.1) is 0 Å². The van der Waals surface area contributed by atoms with Crippen molar-refractivity contribution in [3.63, 3.8) is 0 Å². The Morgan fingerprint density at radius 3 is 2.83 bits per heavy atom. The van der Waals surface area contributed by atoms with Crippen LogP contribution in [0.25, 0.3) is 0 Å². The van der Waals surface area contributed by atoms with Gasteiger partial charge in [-0.3, -0.25) is 4.79 Å². The summed E-state index contributed by atoms with van der Waals surface area (Å²) in [6, 6.07) is 6.92. The Morgan fingerprint density at radius 1 is 1.38 bits per heavy atom. The number of aliphatic hydroxyl groups is 1. The van der Waals surface area contributed by atoms with E-state index in [-0.39, 0.29) is 25.2 Å². The van der Waals surface area contributed by atoms with E-state index in [1.54, 1.807) is 30.5 Å². The number of hydrogen-bond acceptors (Lipinski definition) is 5. The standard InChI is InChI=1S/C17H21N3O4/c1-19-11-18-13-8-20(12(9-21)7-14(13)19)17(22)10-24-16-6-4-3-5-15(16)23-2/h3-6,11-12,21H,7-10H2,1-2H3/t12-/m1/s1. The van der Waals surface area contributed by atoms with Gasteiger partial charge in [0, 0.05) is 19.2 Å². The molecule has 0 unspecified atom stereocenters. The van der Waals surface area contributed by atoms with Crippen LogP contribution in [0.5, 0.6) is 11.5 Å². The van der Waals surface area contributed by atoms with E-state index in [1.165, 1.54) is 0 Å². The van der Waals surface area contributed by atoms with E-state index in [2.05, 4.69) is 4.98 Å². The third-order valence-electron chi connectivity index (χ3n) is 4.29. The van der Waals surface area contributed by atoms with E-state index >= 15 is 0 Å². The molecule has 2 aromatic rings. The second kappa shape index (κ2) is 6.92. The lowest BCUT2D eigenvalue weighted by atomic mass is 10.0. The summed E-state index contributed by atoms with van der Waals surface area (Å²) in [6.45, 7) is 0.180. The Bertz CT molecular complexity index is 728. The molecule has 1 aliphatic rings. The Morgan fingerprint density at radius 2 is 2.12 bits per heavy atom. The number of carbonyl (C=O) groups excluding carboxylic acids is 1. The molecule has 24 heavy (non-hydrogen) atoms. The molecule has 3 rings (SSSR count).